The summed E-state index contributed by atoms with van der Waals surface area (Å²) in [7, 11) is 0. The highest BCUT2D eigenvalue weighted by Gasteiger charge is 2.04. The molecule has 0 unspecified atom stereocenters. The molecule has 5 heteroatoms. The molecule has 0 saturated heterocycles. The van der Waals surface area contributed by atoms with E-state index in [9.17, 15) is 0 Å². The SMILES string of the molecule is Cc1ccc(Nc2nncc(Nc3cc(C)ccc3C)n2)cc1. The number of hydrogen-bond donors (Lipinski definition) is 2. The Morgan fingerprint density at radius 2 is 1.57 bits per heavy atom. The van der Waals surface area contributed by atoms with Gasteiger partial charge in [0.1, 0.15) is 0 Å². The molecule has 0 saturated carbocycles. The lowest BCUT2D eigenvalue weighted by Gasteiger charge is -2.10. The molecule has 0 radical (unpaired) electrons. The standard InChI is InChI=1S/C18H19N5/c1-12-5-8-15(9-6-12)20-18-22-17(11-19-23-18)21-16-10-13(2)4-7-14(16)3/h4-11H,1-3H3,(H2,20,21,22,23). The molecule has 0 spiro atoms. The van der Waals surface area contributed by atoms with Crippen molar-refractivity contribution in [2.75, 3.05) is 10.6 Å². The second-order valence-corrected chi connectivity index (χ2v) is 5.60. The van der Waals surface area contributed by atoms with Crippen molar-refractivity contribution in [1.29, 1.82) is 0 Å². The van der Waals surface area contributed by atoms with Crippen LogP contribution >= 0.6 is 0 Å². The zero-order chi connectivity index (χ0) is 16.2. The topological polar surface area (TPSA) is 62.7 Å². The summed E-state index contributed by atoms with van der Waals surface area (Å²) in [5.41, 5.74) is 5.51. The molecular formula is C18H19N5. The highest BCUT2D eigenvalue weighted by Crippen LogP contribution is 2.21. The predicted octanol–water partition coefficient (Wildman–Crippen LogP) is 4.28. The maximum atomic E-state index is 4.46. The van der Waals surface area contributed by atoms with E-state index >= 15 is 0 Å². The largest absolute Gasteiger partial charge is 0.339 e. The van der Waals surface area contributed by atoms with Crippen molar-refractivity contribution in [3.63, 3.8) is 0 Å². The molecule has 0 aliphatic carbocycles. The van der Waals surface area contributed by atoms with E-state index in [0.717, 1.165) is 16.9 Å². The summed E-state index contributed by atoms with van der Waals surface area (Å²) in [6, 6.07) is 14.3. The fourth-order valence-electron chi connectivity index (χ4n) is 2.19. The molecule has 3 rings (SSSR count). The van der Waals surface area contributed by atoms with E-state index in [1.807, 2.05) is 24.3 Å². The lowest BCUT2D eigenvalue weighted by molar-refractivity contribution is 0.982. The van der Waals surface area contributed by atoms with Crippen molar-refractivity contribution in [3.8, 4) is 0 Å². The Hall–Kier alpha value is -2.95. The second-order valence-electron chi connectivity index (χ2n) is 5.60. The van der Waals surface area contributed by atoms with Crippen molar-refractivity contribution < 1.29 is 0 Å². The van der Waals surface area contributed by atoms with Crippen LogP contribution in [-0.4, -0.2) is 15.2 Å². The number of aromatic nitrogens is 3. The van der Waals surface area contributed by atoms with Crippen LogP contribution in [0.4, 0.5) is 23.1 Å². The van der Waals surface area contributed by atoms with Gasteiger partial charge < -0.3 is 10.6 Å². The molecule has 0 bridgehead atoms. The van der Waals surface area contributed by atoms with E-state index in [2.05, 4.69) is 64.8 Å². The summed E-state index contributed by atoms with van der Waals surface area (Å²) in [6.45, 7) is 6.17. The fourth-order valence-corrected chi connectivity index (χ4v) is 2.19. The summed E-state index contributed by atoms with van der Waals surface area (Å²) in [5.74, 6) is 1.12. The van der Waals surface area contributed by atoms with Crippen LogP contribution in [0.2, 0.25) is 0 Å². The zero-order valence-electron chi connectivity index (χ0n) is 13.5. The molecule has 2 aromatic carbocycles. The zero-order valence-corrected chi connectivity index (χ0v) is 13.5. The molecule has 2 N–H and O–H groups in total. The number of hydrogen-bond acceptors (Lipinski definition) is 5. The number of nitrogens with one attached hydrogen (secondary N) is 2. The van der Waals surface area contributed by atoms with Crippen molar-refractivity contribution >= 4 is 23.1 Å². The van der Waals surface area contributed by atoms with Crippen LogP contribution in [0.5, 0.6) is 0 Å². The van der Waals surface area contributed by atoms with Gasteiger partial charge in [-0.15, -0.1) is 5.10 Å². The van der Waals surface area contributed by atoms with Crippen LogP contribution in [0.25, 0.3) is 0 Å². The molecule has 5 nitrogen and oxygen atoms in total. The average molecular weight is 305 g/mol. The Morgan fingerprint density at radius 3 is 2.35 bits per heavy atom. The van der Waals surface area contributed by atoms with Gasteiger partial charge >= 0.3 is 0 Å². The van der Waals surface area contributed by atoms with Gasteiger partial charge in [-0.2, -0.15) is 10.1 Å². The minimum Gasteiger partial charge on any atom is -0.339 e. The summed E-state index contributed by atoms with van der Waals surface area (Å²) >= 11 is 0. The maximum absolute atomic E-state index is 4.46. The predicted molar refractivity (Wildman–Crippen MR) is 93.5 cm³/mol. The number of nitrogens with zero attached hydrogens (tertiary/aromatic N) is 3. The van der Waals surface area contributed by atoms with E-state index in [0.29, 0.717) is 11.8 Å². The summed E-state index contributed by atoms with van der Waals surface area (Å²) in [6.07, 6.45) is 1.61. The first kappa shape index (κ1) is 15.0. The van der Waals surface area contributed by atoms with Crippen molar-refractivity contribution in [1.82, 2.24) is 15.2 Å². The molecule has 0 aliphatic rings. The van der Waals surface area contributed by atoms with Crippen LogP contribution in [0.1, 0.15) is 16.7 Å². The van der Waals surface area contributed by atoms with Gasteiger partial charge in [0.2, 0.25) is 5.95 Å². The average Bonchev–Trinajstić information content (AvgIpc) is 2.54. The number of anilines is 4. The second kappa shape index (κ2) is 6.44. The van der Waals surface area contributed by atoms with Crippen molar-refractivity contribution in [2.45, 2.75) is 20.8 Å². The van der Waals surface area contributed by atoms with Gasteiger partial charge in [0, 0.05) is 11.4 Å². The van der Waals surface area contributed by atoms with Gasteiger partial charge in [-0.25, -0.2) is 0 Å². The van der Waals surface area contributed by atoms with Gasteiger partial charge in [0.05, 0.1) is 6.20 Å². The smallest absolute Gasteiger partial charge is 0.249 e. The minimum absolute atomic E-state index is 0.462. The van der Waals surface area contributed by atoms with Gasteiger partial charge in [0.15, 0.2) is 5.82 Å². The molecule has 116 valence electrons. The fraction of sp³-hybridized carbons (Fsp3) is 0.167. The third-order valence-electron chi connectivity index (χ3n) is 3.52. The maximum Gasteiger partial charge on any atom is 0.249 e. The Morgan fingerprint density at radius 1 is 0.826 bits per heavy atom. The molecule has 0 aliphatic heterocycles. The Kier molecular flexibility index (Phi) is 4.19. The normalized spacial score (nSPS) is 10.4. The third-order valence-corrected chi connectivity index (χ3v) is 3.52. The molecule has 3 aromatic rings. The first-order valence-corrected chi connectivity index (χ1v) is 7.48. The van der Waals surface area contributed by atoms with E-state index in [1.165, 1.54) is 11.1 Å². The molecular weight excluding hydrogens is 286 g/mol. The van der Waals surface area contributed by atoms with E-state index < -0.39 is 0 Å². The summed E-state index contributed by atoms with van der Waals surface area (Å²) in [4.78, 5) is 4.46. The van der Waals surface area contributed by atoms with Crippen LogP contribution < -0.4 is 10.6 Å². The van der Waals surface area contributed by atoms with Crippen LogP contribution in [0.15, 0.2) is 48.7 Å². The van der Waals surface area contributed by atoms with Gasteiger partial charge in [-0.05, 0) is 50.1 Å². The molecule has 1 heterocycles. The molecule has 0 atom stereocenters. The first-order valence-electron chi connectivity index (χ1n) is 7.48. The molecule has 0 fully saturated rings. The molecule has 23 heavy (non-hydrogen) atoms. The van der Waals surface area contributed by atoms with E-state index in [1.54, 1.807) is 6.20 Å². The Balaban J connectivity index is 1.79. The third kappa shape index (κ3) is 3.83. The summed E-state index contributed by atoms with van der Waals surface area (Å²) < 4.78 is 0. The first-order chi connectivity index (χ1) is 11.1. The van der Waals surface area contributed by atoms with Gasteiger partial charge in [-0.3, -0.25) is 0 Å². The van der Waals surface area contributed by atoms with E-state index in [-0.39, 0.29) is 0 Å². The van der Waals surface area contributed by atoms with Gasteiger partial charge in [0.25, 0.3) is 0 Å². The lowest BCUT2D eigenvalue weighted by atomic mass is 10.1. The number of aryl methyl sites for hydroxylation is 3. The lowest BCUT2D eigenvalue weighted by Crippen LogP contribution is -2.03. The highest BCUT2D eigenvalue weighted by molar-refractivity contribution is 5.62. The van der Waals surface area contributed by atoms with Crippen LogP contribution in [0.3, 0.4) is 0 Å². The van der Waals surface area contributed by atoms with Crippen LogP contribution in [-0.2, 0) is 0 Å². The Labute approximate surface area is 135 Å². The Bertz CT molecular complexity index is 812. The van der Waals surface area contributed by atoms with E-state index in [4.69, 9.17) is 0 Å². The number of benzene rings is 2. The molecule has 1 aromatic heterocycles. The summed E-state index contributed by atoms with van der Waals surface area (Å²) in [5, 5.41) is 14.5. The van der Waals surface area contributed by atoms with Crippen LogP contribution in [0, 0.1) is 20.8 Å². The van der Waals surface area contributed by atoms with Crippen molar-refractivity contribution in [3.05, 3.63) is 65.4 Å². The highest BCUT2D eigenvalue weighted by atomic mass is 15.3. The monoisotopic (exact) mass is 305 g/mol. The number of rotatable bonds is 4. The minimum atomic E-state index is 0.462. The van der Waals surface area contributed by atoms with Crippen molar-refractivity contribution in [2.24, 2.45) is 0 Å². The van der Waals surface area contributed by atoms with Gasteiger partial charge in [-0.1, -0.05) is 29.8 Å². The quantitative estimate of drug-likeness (QED) is 0.753. The molecule has 0 amide bonds.